The molecule has 0 saturated carbocycles. The van der Waals surface area contributed by atoms with Gasteiger partial charge in [-0.2, -0.15) is 0 Å². The van der Waals surface area contributed by atoms with E-state index < -0.39 is 11.9 Å². The van der Waals surface area contributed by atoms with E-state index >= 15 is 0 Å². The molecule has 0 aliphatic heterocycles. The zero-order chi connectivity index (χ0) is 19.7. The quantitative estimate of drug-likeness (QED) is 0.613. The van der Waals surface area contributed by atoms with Crippen LogP contribution >= 0.6 is 0 Å². The summed E-state index contributed by atoms with van der Waals surface area (Å²) in [6.45, 7) is 8.41. The van der Waals surface area contributed by atoms with Crippen molar-refractivity contribution in [2.75, 3.05) is 0 Å². The van der Waals surface area contributed by atoms with Crippen LogP contribution in [0, 0.1) is 11.8 Å². The first-order valence-electron chi connectivity index (χ1n) is 8.79. The van der Waals surface area contributed by atoms with E-state index in [4.69, 9.17) is 0 Å². The molecule has 27 heavy (non-hydrogen) atoms. The van der Waals surface area contributed by atoms with Gasteiger partial charge in [-0.15, -0.1) is 0 Å². The summed E-state index contributed by atoms with van der Waals surface area (Å²) in [5, 5.41) is 21.1. The molecule has 0 atom stereocenters. The van der Waals surface area contributed by atoms with Crippen molar-refractivity contribution in [1.29, 1.82) is 0 Å². The number of benzene rings is 2. The van der Waals surface area contributed by atoms with E-state index in [-0.39, 0.29) is 38.4 Å². The molecular formula is C22H26CdO4. The van der Waals surface area contributed by atoms with Gasteiger partial charge in [0.1, 0.15) is 0 Å². The van der Waals surface area contributed by atoms with Gasteiger partial charge in [0.25, 0.3) is 0 Å². The van der Waals surface area contributed by atoms with Crippen LogP contribution in [0.15, 0.2) is 48.5 Å². The fourth-order valence-electron chi connectivity index (χ4n) is 2.59. The summed E-state index contributed by atoms with van der Waals surface area (Å²) in [6.07, 6.45) is 1.81. The normalized spacial score (nSPS) is 10.0. The van der Waals surface area contributed by atoms with Crippen molar-refractivity contribution in [3.63, 3.8) is 0 Å². The summed E-state index contributed by atoms with van der Waals surface area (Å²) in [5.74, 6) is -1.13. The van der Waals surface area contributed by atoms with Crippen molar-refractivity contribution in [3.05, 3.63) is 70.8 Å². The molecule has 0 amide bonds. The average molecular weight is 467 g/mol. The van der Waals surface area contributed by atoms with E-state index in [1.807, 2.05) is 12.1 Å². The standard InChI is InChI=1S/2C11H14O2.Cd/c2*1-8(2)6-9-4-3-5-10(7-9)11(12)13;/h2*3-5,7-8H,6H2,1-2H3,(H,12,13);/q;;+2/p-2. The van der Waals surface area contributed by atoms with E-state index in [2.05, 4.69) is 27.7 Å². The number of hydrogen-bond acceptors (Lipinski definition) is 4. The molecule has 0 aliphatic rings. The summed E-state index contributed by atoms with van der Waals surface area (Å²) in [5.41, 5.74) is 2.63. The Bertz CT molecular complexity index is 675. The molecule has 2 rings (SSSR count). The van der Waals surface area contributed by atoms with Crippen LogP contribution in [0.5, 0.6) is 0 Å². The molecule has 4 nitrogen and oxygen atoms in total. The molecule has 5 heteroatoms. The van der Waals surface area contributed by atoms with Crippen LogP contribution in [0.3, 0.4) is 0 Å². The van der Waals surface area contributed by atoms with Crippen molar-refractivity contribution < 1.29 is 47.1 Å². The summed E-state index contributed by atoms with van der Waals surface area (Å²) in [4.78, 5) is 21.1. The number of hydrogen-bond donors (Lipinski definition) is 0. The van der Waals surface area contributed by atoms with E-state index in [9.17, 15) is 19.8 Å². The molecular weight excluding hydrogens is 441 g/mol. The van der Waals surface area contributed by atoms with Gasteiger partial charge in [-0.3, -0.25) is 0 Å². The van der Waals surface area contributed by atoms with Crippen LogP contribution in [0.1, 0.15) is 59.5 Å². The Morgan fingerprint density at radius 2 is 1.07 bits per heavy atom. The molecule has 2 aromatic rings. The van der Waals surface area contributed by atoms with E-state index in [1.54, 1.807) is 36.4 Å². The van der Waals surface area contributed by atoms with Gasteiger partial charge in [0, 0.05) is 0 Å². The Balaban J connectivity index is 0.000000483. The van der Waals surface area contributed by atoms with Crippen molar-refractivity contribution in [2.24, 2.45) is 11.8 Å². The minimum atomic E-state index is -1.11. The predicted octanol–water partition coefficient (Wildman–Crippen LogP) is 2.49. The largest absolute Gasteiger partial charge is 2.00 e. The molecule has 0 radical (unpaired) electrons. The van der Waals surface area contributed by atoms with Gasteiger partial charge in [-0.25, -0.2) is 0 Å². The Morgan fingerprint density at radius 3 is 1.33 bits per heavy atom. The number of carbonyl (C=O) groups excluding carboxylic acids is 2. The average Bonchev–Trinajstić information content (AvgIpc) is 2.54. The third-order valence-corrected chi connectivity index (χ3v) is 3.61. The molecule has 0 saturated heterocycles. The van der Waals surface area contributed by atoms with Crippen molar-refractivity contribution >= 4 is 11.9 Å². The Hall–Kier alpha value is -1.70. The molecule has 0 aromatic heterocycles. The number of aromatic carboxylic acids is 2. The van der Waals surface area contributed by atoms with Gasteiger partial charge in [0.15, 0.2) is 0 Å². The number of rotatable bonds is 6. The summed E-state index contributed by atoms with van der Waals surface area (Å²) in [6, 6.07) is 13.8. The van der Waals surface area contributed by atoms with Crippen LogP contribution in [0.25, 0.3) is 0 Å². The fourth-order valence-corrected chi connectivity index (χ4v) is 2.59. The zero-order valence-corrected chi connectivity index (χ0v) is 20.6. The number of carboxylic acid groups (broad SMARTS) is 2. The third-order valence-electron chi connectivity index (χ3n) is 3.61. The van der Waals surface area contributed by atoms with Crippen molar-refractivity contribution in [3.8, 4) is 0 Å². The maximum absolute atomic E-state index is 10.5. The molecule has 0 bridgehead atoms. The maximum atomic E-state index is 10.5. The Kier molecular flexibility index (Phi) is 11.9. The maximum Gasteiger partial charge on any atom is 2.00 e. The van der Waals surface area contributed by atoms with E-state index in [1.165, 1.54) is 0 Å². The van der Waals surface area contributed by atoms with Crippen LogP contribution in [0.2, 0.25) is 0 Å². The second-order valence-corrected chi connectivity index (χ2v) is 7.17. The van der Waals surface area contributed by atoms with Crippen molar-refractivity contribution in [1.82, 2.24) is 0 Å². The van der Waals surface area contributed by atoms with E-state index in [0.29, 0.717) is 11.8 Å². The first-order chi connectivity index (χ1) is 12.2. The Labute approximate surface area is 181 Å². The molecule has 2 aromatic carbocycles. The monoisotopic (exact) mass is 468 g/mol. The third kappa shape index (κ3) is 10.3. The second-order valence-electron chi connectivity index (χ2n) is 7.17. The number of carbonyl (C=O) groups is 2. The van der Waals surface area contributed by atoms with Gasteiger partial charge in [0.05, 0.1) is 11.9 Å². The van der Waals surface area contributed by atoms with Crippen molar-refractivity contribution in [2.45, 2.75) is 40.5 Å². The smallest absolute Gasteiger partial charge is 0.545 e. The summed E-state index contributed by atoms with van der Waals surface area (Å²) < 4.78 is 0. The molecule has 0 fully saturated rings. The summed E-state index contributed by atoms with van der Waals surface area (Å²) >= 11 is 0. The minimum Gasteiger partial charge on any atom is -0.545 e. The molecule has 0 N–H and O–H groups in total. The van der Waals surface area contributed by atoms with Gasteiger partial charge >= 0.3 is 27.3 Å². The molecule has 0 aliphatic carbocycles. The SMILES string of the molecule is CC(C)Cc1cccc(C(=O)[O-])c1.CC(C)Cc1cccc(C(=O)[O-])c1.[Cd+2]. The van der Waals surface area contributed by atoms with Crippen LogP contribution < -0.4 is 10.2 Å². The zero-order valence-electron chi connectivity index (χ0n) is 16.5. The van der Waals surface area contributed by atoms with E-state index in [0.717, 1.165) is 24.0 Å². The van der Waals surface area contributed by atoms with Crippen LogP contribution in [-0.4, -0.2) is 11.9 Å². The van der Waals surface area contributed by atoms with Gasteiger partial charge in [0.2, 0.25) is 0 Å². The van der Waals surface area contributed by atoms with Crippen LogP contribution in [0.4, 0.5) is 0 Å². The predicted molar refractivity (Wildman–Crippen MR) is 98.6 cm³/mol. The number of carboxylic acids is 2. The van der Waals surface area contributed by atoms with Gasteiger partial charge in [-0.05, 0) is 59.1 Å². The summed E-state index contributed by atoms with van der Waals surface area (Å²) in [7, 11) is 0. The first kappa shape index (κ1) is 25.3. The molecule has 0 spiro atoms. The van der Waals surface area contributed by atoms with Gasteiger partial charge in [-0.1, -0.05) is 64.1 Å². The van der Waals surface area contributed by atoms with Gasteiger partial charge < -0.3 is 19.8 Å². The second kappa shape index (κ2) is 12.6. The fraction of sp³-hybridized carbons (Fsp3) is 0.364. The Morgan fingerprint density at radius 1 is 0.741 bits per heavy atom. The first-order valence-corrected chi connectivity index (χ1v) is 8.79. The topological polar surface area (TPSA) is 80.3 Å². The van der Waals surface area contributed by atoms with Crippen LogP contribution in [-0.2, 0) is 40.1 Å². The minimum absolute atomic E-state index is 0. The molecule has 0 unspecified atom stereocenters. The molecule has 0 heterocycles. The molecule has 140 valence electrons.